The number of hydrogen-bond acceptors (Lipinski definition) is 3. The summed E-state index contributed by atoms with van der Waals surface area (Å²) in [4.78, 5) is 12.1. The van der Waals surface area contributed by atoms with Crippen molar-refractivity contribution < 1.29 is 9.53 Å². The lowest BCUT2D eigenvalue weighted by Gasteiger charge is -2.03. The zero-order chi connectivity index (χ0) is 11.5. The van der Waals surface area contributed by atoms with Gasteiger partial charge in [-0.3, -0.25) is 4.79 Å². The van der Waals surface area contributed by atoms with Crippen LogP contribution in [0.5, 0.6) is 5.75 Å². The number of carbonyl (C=O) groups excluding carboxylic acids is 1. The molecule has 1 aromatic heterocycles. The first kappa shape index (κ1) is 10.7. The molecule has 0 radical (unpaired) electrons. The number of nitrogens with two attached hydrogens (primary N) is 1. The number of hydrogen-bond donors (Lipinski definition) is 1. The van der Waals surface area contributed by atoms with E-state index in [1.165, 1.54) is 11.3 Å². The Balaban J connectivity index is 2.50. The van der Waals surface area contributed by atoms with Crippen molar-refractivity contribution in [1.29, 1.82) is 0 Å². The molecule has 2 rings (SSSR count). The standard InChI is InChI=1S/C12H11NO2S/c1-15-9-4-2-3-8(7-9)11-10(12(13)14)5-6-16-11/h2-7H,1H3,(H2,13,14). The SMILES string of the molecule is COc1cccc(-c2sccc2C(N)=O)c1. The largest absolute Gasteiger partial charge is 0.497 e. The van der Waals surface area contributed by atoms with Crippen LogP contribution in [0.3, 0.4) is 0 Å². The Morgan fingerprint density at radius 1 is 1.38 bits per heavy atom. The summed E-state index contributed by atoms with van der Waals surface area (Å²) in [5, 5.41) is 1.86. The van der Waals surface area contributed by atoms with Crippen molar-refractivity contribution in [2.24, 2.45) is 5.73 Å². The van der Waals surface area contributed by atoms with Crippen molar-refractivity contribution in [3.63, 3.8) is 0 Å². The highest BCUT2D eigenvalue weighted by atomic mass is 32.1. The molecule has 82 valence electrons. The summed E-state index contributed by atoms with van der Waals surface area (Å²) in [7, 11) is 1.61. The van der Waals surface area contributed by atoms with Crippen molar-refractivity contribution in [2.75, 3.05) is 7.11 Å². The van der Waals surface area contributed by atoms with Gasteiger partial charge in [0.25, 0.3) is 0 Å². The van der Waals surface area contributed by atoms with Crippen LogP contribution in [0.2, 0.25) is 0 Å². The Labute approximate surface area is 97.5 Å². The first-order chi connectivity index (χ1) is 7.72. The number of benzene rings is 1. The zero-order valence-corrected chi connectivity index (χ0v) is 9.58. The van der Waals surface area contributed by atoms with Gasteiger partial charge in [-0.25, -0.2) is 0 Å². The van der Waals surface area contributed by atoms with Crippen LogP contribution in [-0.2, 0) is 0 Å². The third-order valence-corrected chi connectivity index (χ3v) is 3.23. The Morgan fingerprint density at radius 3 is 2.88 bits per heavy atom. The molecule has 3 nitrogen and oxygen atoms in total. The first-order valence-electron chi connectivity index (χ1n) is 4.74. The molecule has 2 aromatic rings. The molecule has 2 N–H and O–H groups in total. The molecule has 0 aliphatic carbocycles. The van der Waals surface area contributed by atoms with E-state index in [0.29, 0.717) is 5.56 Å². The molecule has 0 spiro atoms. The second kappa shape index (κ2) is 4.37. The fourth-order valence-corrected chi connectivity index (χ4v) is 2.39. The maximum Gasteiger partial charge on any atom is 0.250 e. The van der Waals surface area contributed by atoms with E-state index in [2.05, 4.69) is 0 Å². The highest BCUT2D eigenvalue weighted by Gasteiger charge is 2.11. The van der Waals surface area contributed by atoms with Crippen LogP contribution in [-0.4, -0.2) is 13.0 Å². The van der Waals surface area contributed by atoms with Crippen LogP contribution in [0, 0.1) is 0 Å². The maximum absolute atomic E-state index is 11.2. The minimum atomic E-state index is -0.404. The van der Waals surface area contributed by atoms with Gasteiger partial charge in [0.1, 0.15) is 5.75 Å². The van der Waals surface area contributed by atoms with Crippen LogP contribution in [0.15, 0.2) is 35.7 Å². The fourth-order valence-electron chi connectivity index (χ4n) is 1.49. The van der Waals surface area contributed by atoms with E-state index in [1.54, 1.807) is 13.2 Å². The van der Waals surface area contributed by atoms with Crippen molar-refractivity contribution in [1.82, 2.24) is 0 Å². The Kier molecular flexibility index (Phi) is 2.92. The number of methoxy groups -OCH3 is 1. The van der Waals surface area contributed by atoms with Crippen LogP contribution in [0.4, 0.5) is 0 Å². The van der Waals surface area contributed by atoms with Crippen LogP contribution in [0.25, 0.3) is 10.4 Å². The third-order valence-electron chi connectivity index (χ3n) is 2.26. The second-order valence-corrected chi connectivity index (χ2v) is 4.18. The topological polar surface area (TPSA) is 52.3 Å². The summed E-state index contributed by atoms with van der Waals surface area (Å²) >= 11 is 1.49. The molecule has 0 saturated heterocycles. The van der Waals surface area contributed by atoms with E-state index in [-0.39, 0.29) is 0 Å². The molecule has 1 aromatic carbocycles. The summed E-state index contributed by atoms with van der Waals surface area (Å²) in [6.07, 6.45) is 0. The number of carbonyl (C=O) groups is 1. The Bertz CT molecular complexity index is 519. The molecule has 0 aliphatic heterocycles. The molecular weight excluding hydrogens is 222 g/mol. The number of ether oxygens (including phenoxy) is 1. The van der Waals surface area contributed by atoms with Gasteiger partial charge in [0.15, 0.2) is 0 Å². The molecule has 0 bridgehead atoms. The Morgan fingerprint density at radius 2 is 2.19 bits per heavy atom. The summed E-state index contributed by atoms with van der Waals surface area (Å²) in [6.45, 7) is 0. The van der Waals surface area contributed by atoms with E-state index in [0.717, 1.165) is 16.2 Å². The molecule has 0 fully saturated rings. The van der Waals surface area contributed by atoms with Crippen molar-refractivity contribution in [3.8, 4) is 16.2 Å². The van der Waals surface area contributed by atoms with Gasteiger partial charge in [-0.1, -0.05) is 12.1 Å². The smallest absolute Gasteiger partial charge is 0.250 e. The minimum Gasteiger partial charge on any atom is -0.497 e. The van der Waals surface area contributed by atoms with Gasteiger partial charge >= 0.3 is 0 Å². The summed E-state index contributed by atoms with van der Waals surface area (Å²) in [6, 6.07) is 9.31. The summed E-state index contributed by atoms with van der Waals surface area (Å²) in [5.41, 5.74) is 6.80. The lowest BCUT2D eigenvalue weighted by molar-refractivity contribution is 0.100. The van der Waals surface area contributed by atoms with E-state index in [4.69, 9.17) is 10.5 Å². The van der Waals surface area contributed by atoms with Gasteiger partial charge in [-0.15, -0.1) is 11.3 Å². The van der Waals surface area contributed by atoms with Gasteiger partial charge in [0.2, 0.25) is 5.91 Å². The average molecular weight is 233 g/mol. The average Bonchev–Trinajstić information content (AvgIpc) is 2.78. The van der Waals surface area contributed by atoms with Crippen LogP contribution in [0.1, 0.15) is 10.4 Å². The molecule has 1 amide bonds. The van der Waals surface area contributed by atoms with Gasteiger partial charge in [-0.2, -0.15) is 0 Å². The van der Waals surface area contributed by atoms with Gasteiger partial charge < -0.3 is 10.5 Å². The number of primary amides is 1. The van der Waals surface area contributed by atoms with Crippen molar-refractivity contribution in [3.05, 3.63) is 41.3 Å². The fraction of sp³-hybridized carbons (Fsp3) is 0.0833. The van der Waals surface area contributed by atoms with Gasteiger partial charge in [0, 0.05) is 4.88 Å². The van der Waals surface area contributed by atoms with Crippen molar-refractivity contribution in [2.45, 2.75) is 0 Å². The van der Waals surface area contributed by atoms with E-state index < -0.39 is 5.91 Å². The minimum absolute atomic E-state index is 0.404. The van der Waals surface area contributed by atoms with E-state index >= 15 is 0 Å². The third kappa shape index (κ3) is 1.92. The molecule has 4 heteroatoms. The highest BCUT2D eigenvalue weighted by molar-refractivity contribution is 7.14. The van der Waals surface area contributed by atoms with Gasteiger partial charge in [0.05, 0.1) is 12.7 Å². The summed E-state index contributed by atoms with van der Waals surface area (Å²) in [5.74, 6) is 0.361. The number of rotatable bonds is 3. The van der Waals surface area contributed by atoms with Crippen LogP contribution < -0.4 is 10.5 Å². The zero-order valence-electron chi connectivity index (χ0n) is 8.77. The number of thiophene rings is 1. The molecular formula is C12H11NO2S. The normalized spacial score (nSPS) is 10.1. The molecule has 1 heterocycles. The number of amides is 1. The van der Waals surface area contributed by atoms with E-state index in [1.807, 2.05) is 29.6 Å². The second-order valence-electron chi connectivity index (χ2n) is 3.26. The monoisotopic (exact) mass is 233 g/mol. The predicted molar refractivity (Wildman–Crippen MR) is 64.8 cm³/mol. The lowest BCUT2D eigenvalue weighted by Crippen LogP contribution is -2.10. The molecule has 16 heavy (non-hydrogen) atoms. The first-order valence-corrected chi connectivity index (χ1v) is 5.62. The molecule has 0 unspecified atom stereocenters. The van der Waals surface area contributed by atoms with Crippen LogP contribution >= 0.6 is 11.3 Å². The quantitative estimate of drug-likeness (QED) is 0.885. The van der Waals surface area contributed by atoms with Gasteiger partial charge in [-0.05, 0) is 29.1 Å². The molecule has 0 saturated carbocycles. The highest BCUT2D eigenvalue weighted by Crippen LogP contribution is 2.31. The predicted octanol–water partition coefficient (Wildman–Crippen LogP) is 2.52. The maximum atomic E-state index is 11.2. The summed E-state index contributed by atoms with van der Waals surface area (Å²) < 4.78 is 5.14. The Hall–Kier alpha value is -1.81. The molecule has 0 atom stereocenters. The van der Waals surface area contributed by atoms with Crippen molar-refractivity contribution >= 4 is 17.2 Å². The lowest BCUT2D eigenvalue weighted by atomic mass is 10.1. The molecule has 0 aliphatic rings. The van der Waals surface area contributed by atoms with E-state index in [9.17, 15) is 4.79 Å².